The third-order valence-corrected chi connectivity index (χ3v) is 7.03. The molecule has 180 valence electrons. The lowest BCUT2D eigenvalue weighted by atomic mass is 9.79. The molecule has 0 saturated carbocycles. The Labute approximate surface area is 201 Å². The van der Waals surface area contributed by atoms with Crippen molar-refractivity contribution >= 4 is 21.9 Å². The fourth-order valence-corrected chi connectivity index (χ4v) is 5.22. The fourth-order valence-electron chi connectivity index (χ4n) is 5.22. The van der Waals surface area contributed by atoms with Gasteiger partial charge in [0.05, 0.1) is 18.9 Å². The lowest BCUT2D eigenvalue weighted by molar-refractivity contribution is 0.199. The number of rotatable bonds is 5. The average molecular weight is 475 g/mol. The molecule has 4 aromatic rings. The summed E-state index contributed by atoms with van der Waals surface area (Å²) >= 11 is 0. The van der Waals surface area contributed by atoms with E-state index in [4.69, 9.17) is 0 Å². The summed E-state index contributed by atoms with van der Waals surface area (Å²) in [6.07, 6.45) is 3.49. The lowest BCUT2D eigenvalue weighted by Gasteiger charge is -2.49. The number of imidazole rings is 1. The molecule has 2 atom stereocenters. The molecule has 0 radical (unpaired) electrons. The molecule has 1 saturated heterocycles. The molecule has 1 aliphatic rings. The van der Waals surface area contributed by atoms with E-state index in [1.807, 2.05) is 23.2 Å². The Morgan fingerprint density at radius 1 is 1.23 bits per heavy atom. The smallest absolute Gasteiger partial charge is 0.339 e. The maximum absolute atomic E-state index is 14.5. The Hall–Kier alpha value is -3.90. The minimum atomic E-state index is -0.541. The number of piperidine rings is 1. The molecule has 3 N–H and O–H groups in total. The Balaban J connectivity index is 1.66. The van der Waals surface area contributed by atoms with E-state index in [9.17, 15) is 14.0 Å². The van der Waals surface area contributed by atoms with Crippen LogP contribution in [-0.2, 0) is 6.42 Å². The summed E-state index contributed by atoms with van der Waals surface area (Å²) in [6, 6.07) is 10.4. The van der Waals surface area contributed by atoms with Gasteiger partial charge >= 0.3 is 11.2 Å². The van der Waals surface area contributed by atoms with E-state index in [0.717, 1.165) is 23.8 Å². The van der Waals surface area contributed by atoms with Crippen molar-refractivity contribution in [2.75, 3.05) is 18.1 Å². The number of benzene rings is 2. The SMILES string of the molecule is CC#CCN[C@]1(C)CCCN(n2c(=O)[nH]c3nc[nH]c3c2=O)C1Cc1ccc(F)c2ccccc12. The molecule has 0 spiro atoms. The van der Waals surface area contributed by atoms with Gasteiger partial charge in [-0.2, -0.15) is 4.68 Å². The van der Waals surface area contributed by atoms with Crippen LogP contribution < -0.4 is 21.6 Å². The van der Waals surface area contributed by atoms with E-state index in [2.05, 4.69) is 39.0 Å². The van der Waals surface area contributed by atoms with Gasteiger partial charge in [0, 0.05) is 17.5 Å². The monoisotopic (exact) mass is 474 g/mol. The van der Waals surface area contributed by atoms with Crippen molar-refractivity contribution in [3.8, 4) is 11.8 Å². The van der Waals surface area contributed by atoms with Gasteiger partial charge < -0.3 is 9.99 Å². The predicted octanol–water partition coefficient (Wildman–Crippen LogP) is 2.42. The number of aromatic amines is 2. The van der Waals surface area contributed by atoms with Crippen molar-refractivity contribution < 1.29 is 4.39 Å². The molecular weight excluding hydrogens is 447 g/mol. The number of nitrogens with one attached hydrogen (secondary N) is 3. The average Bonchev–Trinajstić information content (AvgIpc) is 3.32. The second-order valence-electron chi connectivity index (χ2n) is 9.11. The van der Waals surface area contributed by atoms with Gasteiger partial charge in [-0.05, 0) is 50.1 Å². The topological polar surface area (TPSA) is 98.8 Å². The maximum atomic E-state index is 14.5. The number of H-pyrrole nitrogens is 2. The van der Waals surface area contributed by atoms with E-state index < -0.39 is 16.8 Å². The van der Waals surface area contributed by atoms with E-state index in [1.165, 1.54) is 17.1 Å². The highest BCUT2D eigenvalue weighted by atomic mass is 19.1. The molecule has 5 rings (SSSR count). The minimum absolute atomic E-state index is 0.230. The third-order valence-electron chi connectivity index (χ3n) is 7.03. The highest BCUT2D eigenvalue weighted by molar-refractivity contribution is 5.86. The zero-order valence-corrected chi connectivity index (χ0v) is 19.7. The van der Waals surface area contributed by atoms with Gasteiger partial charge in [0.2, 0.25) is 0 Å². The van der Waals surface area contributed by atoms with Crippen molar-refractivity contribution in [2.24, 2.45) is 0 Å². The Kier molecular flexibility index (Phi) is 5.91. The number of fused-ring (bicyclic) bond motifs is 2. The van der Waals surface area contributed by atoms with Gasteiger partial charge in [0.15, 0.2) is 11.2 Å². The van der Waals surface area contributed by atoms with E-state index in [-0.39, 0.29) is 23.0 Å². The van der Waals surface area contributed by atoms with Crippen LogP contribution in [0.2, 0.25) is 0 Å². The molecule has 1 fully saturated rings. The second-order valence-corrected chi connectivity index (χ2v) is 9.11. The van der Waals surface area contributed by atoms with Crippen LogP contribution in [0.3, 0.4) is 0 Å². The summed E-state index contributed by atoms with van der Waals surface area (Å²) < 4.78 is 15.7. The van der Waals surface area contributed by atoms with Gasteiger partial charge in [0.1, 0.15) is 5.82 Å². The molecule has 1 aliphatic heterocycles. The van der Waals surface area contributed by atoms with Crippen LogP contribution in [0.25, 0.3) is 21.9 Å². The van der Waals surface area contributed by atoms with Crippen LogP contribution >= 0.6 is 0 Å². The van der Waals surface area contributed by atoms with Crippen molar-refractivity contribution in [3.63, 3.8) is 0 Å². The number of nitrogens with zero attached hydrogens (tertiary/aromatic N) is 3. The molecular formula is C26H27FN6O2. The van der Waals surface area contributed by atoms with Crippen molar-refractivity contribution in [1.82, 2.24) is 24.9 Å². The summed E-state index contributed by atoms with van der Waals surface area (Å²) in [7, 11) is 0. The normalized spacial score (nSPS) is 20.2. The van der Waals surface area contributed by atoms with Crippen LogP contribution in [0.4, 0.5) is 4.39 Å². The fraction of sp³-hybridized carbons (Fsp3) is 0.346. The third kappa shape index (κ3) is 4.00. The van der Waals surface area contributed by atoms with Gasteiger partial charge in [-0.1, -0.05) is 36.3 Å². The number of aromatic nitrogens is 4. The molecule has 2 aromatic carbocycles. The molecule has 0 amide bonds. The van der Waals surface area contributed by atoms with E-state index in [0.29, 0.717) is 24.9 Å². The first-order valence-corrected chi connectivity index (χ1v) is 11.7. The van der Waals surface area contributed by atoms with Crippen LogP contribution in [0.1, 0.15) is 32.3 Å². The van der Waals surface area contributed by atoms with Gasteiger partial charge in [-0.25, -0.2) is 14.2 Å². The van der Waals surface area contributed by atoms with Gasteiger partial charge in [0.25, 0.3) is 0 Å². The predicted molar refractivity (Wildman–Crippen MR) is 135 cm³/mol. The number of hydrogen-bond donors (Lipinski definition) is 3. The van der Waals surface area contributed by atoms with Crippen molar-refractivity contribution in [1.29, 1.82) is 0 Å². The molecule has 0 aliphatic carbocycles. The summed E-state index contributed by atoms with van der Waals surface area (Å²) in [4.78, 5) is 36.0. The molecule has 0 bridgehead atoms. The summed E-state index contributed by atoms with van der Waals surface area (Å²) in [5, 5.41) is 6.77. The first-order valence-electron chi connectivity index (χ1n) is 11.7. The standard InChI is InChI=1S/C26H27FN6O2/c1-3-4-13-30-26(2)12-7-14-32(33-24(34)22-23(29-16-28-22)31-25(33)35)21(26)15-17-10-11-20(27)19-9-6-5-8-18(17)19/h5-6,8-11,16,21,30H,7,12-15H2,1-2H3,(H,28,29)(H,31,35)/t21?,26-/m1/s1. The summed E-state index contributed by atoms with van der Waals surface area (Å²) in [6.45, 7) is 4.88. The summed E-state index contributed by atoms with van der Waals surface area (Å²) in [5.74, 6) is 5.69. The quantitative estimate of drug-likeness (QED) is 0.386. The molecule has 3 heterocycles. The second kappa shape index (κ2) is 9.04. The molecule has 2 aromatic heterocycles. The van der Waals surface area contributed by atoms with E-state index in [1.54, 1.807) is 19.1 Å². The first-order chi connectivity index (χ1) is 16.9. The lowest BCUT2D eigenvalue weighted by Crippen LogP contribution is -2.69. The Morgan fingerprint density at radius 2 is 2.03 bits per heavy atom. The van der Waals surface area contributed by atoms with Crippen molar-refractivity contribution in [3.05, 3.63) is 74.9 Å². The van der Waals surface area contributed by atoms with Crippen LogP contribution in [-0.4, -0.2) is 44.3 Å². The van der Waals surface area contributed by atoms with Crippen molar-refractivity contribution in [2.45, 2.75) is 44.7 Å². The van der Waals surface area contributed by atoms with Crippen LogP contribution in [0.15, 0.2) is 52.3 Å². The largest absolute Gasteiger partial charge is 0.349 e. The summed E-state index contributed by atoms with van der Waals surface area (Å²) in [5.41, 5.74) is -0.0393. The highest BCUT2D eigenvalue weighted by Crippen LogP contribution is 2.31. The van der Waals surface area contributed by atoms with Gasteiger partial charge in [-0.3, -0.25) is 15.1 Å². The first kappa shape index (κ1) is 22.9. The Bertz CT molecular complexity index is 1580. The zero-order valence-electron chi connectivity index (χ0n) is 19.7. The van der Waals surface area contributed by atoms with Crippen LogP contribution in [0, 0.1) is 17.7 Å². The molecule has 8 nitrogen and oxygen atoms in total. The molecule has 35 heavy (non-hydrogen) atoms. The zero-order chi connectivity index (χ0) is 24.6. The minimum Gasteiger partial charge on any atom is -0.339 e. The van der Waals surface area contributed by atoms with Crippen LogP contribution in [0.5, 0.6) is 0 Å². The maximum Gasteiger partial charge on any atom is 0.349 e. The molecule has 1 unspecified atom stereocenters. The Morgan fingerprint density at radius 3 is 2.83 bits per heavy atom. The highest BCUT2D eigenvalue weighted by Gasteiger charge is 2.42. The number of halogens is 1. The van der Waals surface area contributed by atoms with Gasteiger partial charge in [-0.15, -0.1) is 5.92 Å². The number of hydrogen-bond acceptors (Lipinski definition) is 5. The molecule has 9 heteroatoms. The van der Waals surface area contributed by atoms with E-state index >= 15 is 0 Å².